The van der Waals surface area contributed by atoms with Crippen LogP contribution in [0.5, 0.6) is 5.75 Å². The highest BCUT2D eigenvalue weighted by Gasteiger charge is 2.16. The van der Waals surface area contributed by atoms with Crippen LogP contribution in [0.15, 0.2) is 24.8 Å². The van der Waals surface area contributed by atoms with Gasteiger partial charge in [0.1, 0.15) is 12.4 Å². The summed E-state index contributed by atoms with van der Waals surface area (Å²) in [5.74, 6) is -0.0270. The molecular weight excluding hydrogens is 342 g/mol. The van der Waals surface area contributed by atoms with Gasteiger partial charge in [0.05, 0.1) is 17.7 Å². The van der Waals surface area contributed by atoms with Crippen molar-refractivity contribution in [1.29, 1.82) is 0 Å². The molecule has 0 amide bonds. The van der Waals surface area contributed by atoms with Gasteiger partial charge < -0.3 is 9.47 Å². The second-order valence-corrected chi connectivity index (χ2v) is 4.48. The van der Waals surface area contributed by atoms with E-state index in [-0.39, 0.29) is 5.02 Å². The minimum absolute atomic E-state index is 0.258. The number of benzene rings is 1. The van der Waals surface area contributed by atoms with Crippen molar-refractivity contribution in [1.82, 2.24) is 0 Å². The van der Waals surface area contributed by atoms with E-state index < -0.39 is 5.97 Å². The number of ether oxygens (including phenoxy) is 2. The average molecular weight is 353 g/mol. The van der Waals surface area contributed by atoms with E-state index in [0.29, 0.717) is 17.9 Å². The minimum atomic E-state index is -0.480. The van der Waals surface area contributed by atoms with Crippen molar-refractivity contribution in [3.8, 4) is 5.75 Å². The standard InChI is InChI=1S/C11H10ClIO3/c1-3-4-16-9-6-7(13)5-8(10(9)12)11(14)15-2/h3,5-6H,1,4H2,2H3. The van der Waals surface area contributed by atoms with E-state index in [4.69, 9.17) is 16.3 Å². The first kappa shape index (κ1) is 13.3. The highest BCUT2D eigenvalue weighted by molar-refractivity contribution is 14.1. The van der Waals surface area contributed by atoms with Gasteiger partial charge in [0.2, 0.25) is 0 Å². The summed E-state index contributed by atoms with van der Waals surface area (Å²) in [4.78, 5) is 11.4. The molecular formula is C11H10ClIO3. The Hall–Kier alpha value is -0.750. The van der Waals surface area contributed by atoms with Gasteiger partial charge in [-0.15, -0.1) is 0 Å². The molecule has 0 fully saturated rings. The number of carbonyl (C=O) groups excluding carboxylic acids is 1. The van der Waals surface area contributed by atoms with Crippen LogP contribution in [-0.2, 0) is 4.74 Å². The van der Waals surface area contributed by atoms with Crippen LogP contribution in [-0.4, -0.2) is 19.7 Å². The fourth-order valence-electron chi connectivity index (χ4n) is 1.08. The monoisotopic (exact) mass is 352 g/mol. The van der Waals surface area contributed by atoms with Crippen molar-refractivity contribution in [2.45, 2.75) is 0 Å². The first-order valence-corrected chi connectivity index (χ1v) is 5.87. The molecule has 0 spiro atoms. The van der Waals surface area contributed by atoms with Crippen molar-refractivity contribution in [3.63, 3.8) is 0 Å². The first-order chi connectivity index (χ1) is 7.60. The van der Waals surface area contributed by atoms with E-state index in [1.54, 1.807) is 18.2 Å². The van der Waals surface area contributed by atoms with Gasteiger partial charge in [0.15, 0.2) is 0 Å². The van der Waals surface area contributed by atoms with Gasteiger partial charge in [0, 0.05) is 3.57 Å². The molecule has 0 atom stereocenters. The summed E-state index contributed by atoms with van der Waals surface area (Å²) in [6.45, 7) is 3.87. The van der Waals surface area contributed by atoms with E-state index in [2.05, 4.69) is 33.9 Å². The Bertz CT molecular complexity index is 418. The van der Waals surface area contributed by atoms with E-state index >= 15 is 0 Å². The van der Waals surface area contributed by atoms with E-state index in [9.17, 15) is 4.79 Å². The van der Waals surface area contributed by atoms with Crippen LogP contribution in [0.2, 0.25) is 5.02 Å². The van der Waals surface area contributed by atoms with Crippen LogP contribution in [0.3, 0.4) is 0 Å². The number of halogens is 2. The largest absolute Gasteiger partial charge is 0.488 e. The molecule has 0 aliphatic heterocycles. The second kappa shape index (κ2) is 6.10. The van der Waals surface area contributed by atoms with E-state index in [0.717, 1.165) is 3.57 Å². The van der Waals surface area contributed by atoms with Crippen molar-refractivity contribution in [2.75, 3.05) is 13.7 Å². The lowest BCUT2D eigenvalue weighted by Gasteiger charge is -2.09. The lowest BCUT2D eigenvalue weighted by Crippen LogP contribution is -2.04. The normalized spacial score (nSPS) is 9.69. The van der Waals surface area contributed by atoms with E-state index in [1.807, 2.05) is 0 Å². The summed E-state index contributed by atoms with van der Waals surface area (Å²) in [5.41, 5.74) is 0.301. The average Bonchev–Trinajstić information content (AvgIpc) is 2.28. The van der Waals surface area contributed by atoms with Gasteiger partial charge in [-0.2, -0.15) is 0 Å². The molecule has 1 aromatic carbocycles. The molecule has 1 aromatic rings. The zero-order chi connectivity index (χ0) is 12.1. The van der Waals surface area contributed by atoms with Crippen LogP contribution in [0.25, 0.3) is 0 Å². The van der Waals surface area contributed by atoms with Crippen LogP contribution >= 0.6 is 34.2 Å². The Kier molecular flexibility index (Phi) is 5.08. The van der Waals surface area contributed by atoms with Gasteiger partial charge in [-0.3, -0.25) is 0 Å². The molecule has 1 rings (SSSR count). The maximum Gasteiger partial charge on any atom is 0.339 e. The first-order valence-electron chi connectivity index (χ1n) is 4.41. The zero-order valence-electron chi connectivity index (χ0n) is 8.63. The van der Waals surface area contributed by atoms with Crippen LogP contribution < -0.4 is 4.74 Å². The summed E-state index contributed by atoms with van der Waals surface area (Å²) in [6, 6.07) is 3.40. The SMILES string of the molecule is C=CCOc1cc(I)cc(C(=O)OC)c1Cl. The maximum absolute atomic E-state index is 11.4. The summed E-state index contributed by atoms with van der Waals surface area (Å²) in [5, 5.41) is 0.258. The Morgan fingerprint density at radius 3 is 2.88 bits per heavy atom. The number of carbonyl (C=O) groups is 1. The number of hydrogen-bond donors (Lipinski definition) is 0. The van der Waals surface area contributed by atoms with Crippen LogP contribution in [0.4, 0.5) is 0 Å². The molecule has 3 nitrogen and oxygen atoms in total. The Balaban J connectivity index is 3.14. The molecule has 0 saturated heterocycles. The molecule has 5 heteroatoms. The van der Waals surface area contributed by atoms with Crippen molar-refractivity contribution in [3.05, 3.63) is 38.9 Å². The molecule has 0 aliphatic carbocycles. The molecule has 16 heavy (non-hydrogen) atoms. The Morgan fingerprint density at radius 2 is 2.31 bits per heavy atom. The van der Waals surface area contributed by atoms with Crippen LogP contribution in [0, 0.1) is 3.57 Å². The third-order valence-corrected chi connectivity index (χ3v) is 2.78. The molecule has 0 N–H and O–H groups in total. The fraction of sp³-hybridized carbons (Fsp3) is 0.182. The molecule has 0 unspecified atom stereocenters. The summed E-state index contributed by atoms with van der Waals surface area (Å²) in [6.07, 6.45) is 1.61. The minimum Gasteiger partial charge on any atom is -0.488 e. The summed E-state index contributed by atoms with van der Waals surface area (Å²) in [7, 11) is 1.31. The van der Waals surface area contributed by atoms with Gasteiger partial charge in [-0.05, 0) is 34.7 Å². The highest BCUT2D eigenvalue weighted by Crippen LogP contribution is 2.31. The number of methoxy groups -OCH3 is 1. The topological polar surface area (TPSA) is 35.5 Å². The van der Waals surface area contributed by atoms with Crippen molar-refractivity contribution >= 4 is 40.2 Å². The lowest BCUT2D eigenvalue weighted by molar-refractivity contribution is 0.0600. The van der Waals surface area contributed by atoms with Gasteiger partial charge in [-0.25, -0.2) is 4.79 Å². The van der Waals surface area contributed by atoms with E-state index in [1.165, 1.54) is 7.11 Å². The Labute approximate surface area is 113 Å². The smallest absolute Gasteiger partial charge is 0.339 e. The van der Waals surface area contributed by atoms with Crippen molar-refractivity contribution in [2.24, 2.45) is 0 Å². The molecule has 86 valence electrons. The third-order valence-electron chi connectivity index (χ3n) is 1.77. The van der Waals surface area contributed by atoms with Gasteiger partial charge in [0.25, 0.3) is 0 Å². The second-order valence-electron chi connectivity index (χ2n) is 2.86. The third kappa shape index (κ3) is 3.12. The van der Waals surface area contributed by atoms with Gasteiger partial charge >= 0.3 is 5.97 Å². The van der Waals surface area contributed by atoms with Crippen LogP contribution in [0.1, 0.15) is 10.4 Å². The summed E-state index contributed by atoms with van der Waals surface area (Å²) >= 11 is 8.10. The molecule has 0 aliphatic rings. The molecule has 0 saturated carbocycles. The number of esters is 1. The highest BCUT2D eigenvalue weighted by atomic mass is 127. The fourth-order valence-corrected chi connectivity index (χ4v) is 1.91. The quantitative estimate of drug-likeness (QED) is 0.474. The molecule has 0 bridgehead atoms. The summed E-state index contributed by atoms with van der Waals surface area (Å²) < 4.78 is 10.8. The number of hydrogen-bond acceptors (Lipinski definition) is 3. The van der Waals surface area contributed by atoms with Crippen molar-refractivity contribution < 1.29 is 14.3 Å². The molecule has 0 radical (unpaired) electrons. The Morgan fingerprint density at radius 1 is 1.62 bits per heavy atom. The maximum atomic E-state index is 11.4. The number of rotatable bonds is 4. The predicted octanol–water partition coefficient (Wildman–Crippen LogP) is 3.30. The van der Waals surface area contributed by atoms with Gasteiger partial charge in [-0.1, -0.05) is 24.3 Å². The molecule has 0 aromatic heterocycles. The predicted molar refractivity (Wildman–Crippen MR) is 71.2 cm³/mol. The molecule has 0 heterocycles. The zero-order valence-corrected chi connectivity index (χ0v) is 11.5. The lowest BCUT2D eigenvalue weighted by atomic mass is 10.2.